The van der Waals surface area contributed by atoms with Gasteiger partial charge in [-0.3, -0.25) is 4.79 Å². The molecule has 5 nitrogen and oxygen atoms in total. The highest BCUT2D eigenvalue weighted by molar-refractivity contribution is 6.31. The molecular formula is C23H23ClN2O3. The lowest BCUT2D eigenvalue weighted by atomic mass is 10.1. The molecule has 1 aliphatic heterocycles. The van der Waals surface area contributed by atoms with Crippen molar-refractivity contribution in [3.8, 4) is 5.75 Å². The molecule has 1 aliphatic rings. The molecule has 1 saturated heterocycles. The highest BCUT2D eigenvalue weighted by Crippen LogP contribution is 2.33. The van der Waals surface area contributed by atoms with Gasteiger partial charge in [0.25, 0.3) is 0 Å². The number of hydrogen-bond donors (Lipinski definition) is 0. The summed E-state index contributed by atoms with van der Waals surface area (Å²) >= 11 is 6.25. The van der Waals surface area contributed by atoms with Crippen LogP contribution in [0.3, 0.4) is 0 Å². The van der Waals surface area contributed by atoms with E-state index < -0.39 is 0 Å². The van der Waals surface area contributed by atoms with Crippen molar-refractivity contribution in [3.63, 3.8) is 0 Å². The summed E-state index contributed by atoms with van der Waals surface area (Å²) in [5, 5.41) is 0.708. The molecule has 2 aromatic carbocycles. The molecule has 1 fully saturated rings. The number of carbonyl (C=O) groups excluding carboxylic acids is 1. The number of para-hydroxylation sites is 1. The second-order valence-corrected chi connectivity index (χ2v) is 7.57. The third-order valence-electron chi connectivity index (χ3n) is 5.29. The van der Waals surface area contributed by atoms with Crippen LogP contribution in [0.1, 0.15) is 41.7 Å². The Hall–Kier alpha value is -2.79. The molecule has 2 heterocycles. The van der Waals surface area contributed by atoms with Crippen LogP contribution in [0.15, 0.2) is 59.1 Å². The third kappa shape index (κ3) is 4.30. The number of carbonyl (C=O) groups is 1. The Morgan fingerprint density at radius 1 is 1.21 bits per heavy atom. The second-order valence-electron chi connectivity index (χ2n) is 7.17. The number of hydrogen-bond acceptors (Lipinski definition) is 4. The summed E-state index contributed by atoms with van der Waals surface area (Å²) in [6.45, 7) is 0.709. The van der Waals surface area contributed by atoms with Crippen LogP contribution < -0.4 is 4.74 Å². The topological polar surface area (TPSA) is 55.6 Å². The summed E-state index contributed by atoms with van der Waals surface area (Å²) in [5.41, 5.74) is 1.88. The van der Waals surface area contributed by atoms with Crippen LogP contribution in [0.5, 0.6) is 5.75 Å². The molecule has 0 saturated carbocycles. The fourth-order valence-corrected chi connectivity index (χ4v) is 4.03. The number of aromatic nitrogens is 1. The first-order valence-corrected chi connectivity index (χ1v) is 10.1. The Bertz CT molecular complexity index is 1000. The van der Waals surface area contributed by atoms with E-state index in [1.807, 2.05) is 53.4 Å². The number of halogens is 1. The molecule has 6 heteroatoms. The zero-order valence-corrected chi connectivity index (χ0v) is 17.1. The average Bonchev–Trinajstić information content (AvgIpc) is 3.39. The van der Waals surface area contributed by atoms with E-state index in [-0.39, 0.29) is 11.9 Å². The van der Waals surface area contributed by atoms with Crippen molar-refractivity contribution in [2.24, 2.45) is 0 Å². The molecule has 3 aromatic rings. The summed E-state index contributed by atoms with van der Waals surface area (Å²) in [5.74, 6) is 2.13. The molecule has 1 amide bonds. The number of ether oxygens (including phenoxy) is 1. The molecule has 1 atom stereocenters. The van der Waals surface area contributed by atoms with Crippen molar-refractivity contribution >= 4 is 17.5 Å². The van der Waals surface area contributed by atoms with E-state index in [4.69, 9.17) is 20.8 Å². The molecule has 1 aromatic heterocycles. The summed E-state index contributed by atoms with van der Waals surface area (Å²) in [7, 11) is 1.62. The van der Waals surface area contributed by atoms with E-state index in [0.29, 0.717) is 30.3 Å². The zero-order valence-electron chi connectivity index (χ0n) is 16.3. The first-order valence-electron chi connectivity index (χ1n) is 9.75. The van der Waals surface area contributed by atoms with Crippen molar-refractivity contribution in [2.75, 3.05) is 13.7 Å². The Balaban J connectivity index is 1.48. The van der Waals surface area contributed by atoms with Crippen LogP contribution in [-0.4, -0.2) is 29.4 Å². The lowest BCUT2D eigenvalue weighted by Gasteiger charge is -2.23. The van der Waals surface area contributed by atoms with Gasteiger partial charge in [-0.2, -0.15) is 0 Å². The van der Waals surface area contributed by atoms with Gasteiger partial charge in [-0.1, -0.05) is 48.0 Å². The standard InChI is InChI=1S/C23H23ClN2O3/c1-28-21-11-5-3-8-17(21)14-22(27)26-12-6-10-20(26)23-25-15-18(29-23)13-16-7-2-4-9-19(16)24/h2-5,7-9,11,15,20H,6,10,12-14H2,1H3/t20-/m0/s1. The quantitative estimate of drug-likeness (QED) is 0.583. The maximum absolute atomic E-state index is 13.0. The fourth-order valence-electron chi connectivity index (χ4n) is 3.82. The number of nitrogens with zero attached hydrogens (tertiary/aromatic N) is 2. The van der Waals surface area contributed by atoms with Gasteiger partial charge in [0.1, 0.15) is 17.6 Å². The van der Waals surface area contributed by atoms with Gasteiger partial charge >= 0.3 is 0 Å². The predicted molar refractivity (Wildman–Crippen MR) is 111 cm³/mol. The maximum Gasteiger partial charge on any atom is 0.227 e. The summed E-state index contributed by atoms with van der Waals surface area (Å²) in [6, 6.07) is 15.2. The lowest BCUT2D eigenvalue weighted by Crippen LogP contribution is -2.32. The van der Waals surface area contributed by atoms with Crippen LogP contribution >= 0.6 is 11.6 Å². The minimum absolute atomic E-state index is 0.0582. The molecule has 0 spiro atoms. The molecular weight excluding hydrogens is 388 g/mol. The molecule has 0 N–H and O–H groups in total. The van der Waals surface area contributed by atoms with Gasteiger partial charge < -0.3 is 14.1 Å². The molecule has 0 aliphatic carbocycles. The van der Waals surface area contributed by atoms with Crippen LogP contribution in [0.25, 0.3) is 0 Å². The first kappa shape index (κ1) is 19.5. The lowest BCUT2D eigenvalue weighted by molar-refractivity contribution is -0.131. The monoisotopic (exact) mass is 410 g/mol. The van der Waals surface area contributed by atoms with E-state index in [1.54, 1.807) is 13.3 Å². The van der Waals surface area contributed by atoms with Crippen molar-refractivity contribution in [1.82, 2.24) is 9.88 Å². The Morgan fingerprint density at radius 2 is 1.97 bits per heavy atom. The van der Waals surface area contributed by atoms with Gasteiger partial charge in [0.15, 0.2) is 0 Å². The van der Waals surface area contributed by atoms with Crippen LogP contribution in [-0.2, 0) is 17.6 Å². The molecule has 150 valence electrons. The smallest absolute Gasteiger partial charge is 0.227 e. The van der Waals surface area contributed by atoms with Crippen molar-refractivity contribution in [2.45, 2.75) is 31.7 Å². The first-order chi connectivity index (χ1) is 14.2. The molecule has 0 radical (unpaired) electrons. The molecule has 0 bridgehead atoms. The summed E-state index contributed by atoms with van der Waals surface area (Å²) in [4.78, 5) is 19.3. The molecule has 0 unspecified atom stereocenters. The number of rotatable bonds is 6. The summed E-state index contributed by atoms with van der Waals surface area (Å²) < 4.78 is 11.4. The number of methoxy groups -OCH3 is 1. The van der Waals surface area contributed by atoms with E-state index >= 15 is 0 Å². The minimum atomic E-state index is -0.128. The van der Waals surface area contributed by atoms with Crippen molar-refractivity contribution < 1.29 is 13.9 Å². The number of amides is 1. The minimum Gasteiger partial charge on any atom is -0.496 e. The third-order valence-corrected chi connectivity index (χ3v) is 5.66. The van der Waals surface area contributed by atoms with Gasteiger partial charge in [0.05, 0.1) is 19.7 Å². The largest absolute Gasteiger partial charge is 0.496 e. The Kier molecular flexibility index (Phi) is 5.86. The van der Waals surface area contributed by atoms with E-state index in [1.165, 1.54) is 0 Å². The number of benzene rings is 2. The number of likely N-dealkylation sites (tertiary alicyclic amines) is 1. The number of oxazole rings is 1. The van der Waals surface area contributed by atoms with Gasteiger partial charge in [-0.05, 0) is 30.5 Å². The highest BCUT2D eigenvalue weighted by Gasteiger charge is 2.33. The molecule has 4 rings (SSSR count). The fraction of sp³-hybridized carbons (Fsp3) is 0.304. The van der Waals surface area contributed by atoms with Crippen LogP contribution in [0.4, 0.5) is 0 Å². The maximum atomic E-state index is 13.0. The van der Waals surface area contributed by atoms with Crippen LogP contribution in [0, 0.1) is 0 Å². The Morgan fingerprint density at radius 3 is 2.76 bits per heavy atom. The van der Waals surface area contributed by atoms with Gasteiger partial charge in [0, 0.05) is 23.6 Å². The SMILES string of the molecule is COc1ccccc1CC(=O)N1CCC[C@H]1c1ncc(Cc2ccccc2Cl)o1. The van der Waals surface area contributed by atoms with Gasteiger partial charge in [-0.15, -0.1) is 0 Å². The van der Waals surface area contributed by atoms with Gasteiger partial charge in [0.2, 0.25) is 11.8 Å². The van der Waals surface area contributed by atoms with Crippen molar-refractivity contribution in [1.29, 1.82) is 0 Å². The highest BCUT2D eigenvalue weighted by atomic mass is 35.5. The van der Waals surface area contributed by atoms with E-state index in [9.17, 15) is 4.79 Å². The average molecular weight is 411 g/mol. The van der Waals surface area contributed by atoms with E-state index in [2.05, 4.69) is 4.98 Å². The van der Waals surface area contributed by atoms with E-state index in [0.717, 1.165) is 35.5 Å². The summed E-state index contributed by atoms with van der Waals surface area (Å²) in [6.07, 6.45) is 4.40. The predicted octanol–water partition coefficient (Wildman–Crippen LogP) is 4.83. The zero-order chi connectivity index (χ0) is 20.2. The normalized spacial score (nSPS) is 16.2. The van der Waals surface area contributed by atoms with Gasteiger partial charge in [-0.25, -0.2) is 4.98 Å². The van der Waals surface area contributed by atoms with Crippen molar-refractivity contribution in [3.05, 3.63) is 82.5 Å². The molecule has 29 heavy (non-hydrogen) atoms. The van der Waals surface area contributed by atoms with Crippen LogP contribution in [0.2, 0.25) is 5.02 Å². The Labute approximate surface area is 175 Å². The second kappa shape index (κ2) is 8.70.